The number of ether oxygens (including phenoxy) is 2. The monoisotopic (exact) mass is 287 g/mol. The Morgan fingerprint density at radius 3 is 2.45 bits per heavy atom. The van der Waals surface area contributed by atoms with Gasteiger partial charge < -0.3 is 9.47 Å². The third-order valence-electron chi connectivity index (χ3n) is 2.40. The largest absolute Gasteiger partial charge is 0.573 e. The van der Waals surface area contributed by atoms with E-state index in [2.05, 4.69) is 9.72 Å². The lowest BCUT2D eigenvalue weighted by atomic mass is 10.1. The Labute approximate surface area is 111 Å². The van der Waals surface area contributed by atoms with Crippen LogP contribution in [0.4, 0.5) is 17.6 Å². The third kappa shape index (κ3) is 3.37. The van der Waals surface area contributed by atoms with Crippen molar-refractivity contribution in [3.05, 3.63) is 42.3 Å². The van der Waals surface area contributed by atoms with Gasteiger partial charge in [-0.1, -0.05) is 18.2 Å². The van der Waals surface area contributed by atoms with E-state index in [0.717, 1.165) is 12.1 Å². The van der Waals surface area contributed by atoms with Crippen molar-refractivity contribution in [2.24, 2.45) is 0 Å². The third-order valence-corrected chi connectivity index (χ3v) is 2.40. The van der Waals surface area contributed by atoms with Crippen molar-refractivity contribution in [2.75, 3.05) is 7.11 Å². The van der Waals surface area contributed by atoms with E-state index < -0.39 is 18.1 Å². The van der Waals surface area contributed by atoms with Gasteiger partial charge in [0.25, 0.3) is 0 Å². The lowest BCUT2D eigenvalue weighted by Gasteiger charge is -2.13. The van der Waals surface area contributed by atoms with Crippen molar-refractivity contribution in [3.63, 3.8) is 0 Å². The van der Waals surface area contributed by atoms with Gasteiger partial charge >= 0.3 is 6.36 Å². The summed E-state index contributed by atoms with van der Waals surface area (Å²) in [5.41, 5.74) is 0.263. The zero-order valence-electron chi connectivity index (χ0n) is 10.2. The first-order chi connectivity index (χ1) is 9.39. The molecule has 0 unspecified atom stereocenters. The number of halogens is 4. The van der Waals surface area contributed by atoms with Gasteiger partial charge in [-0.15, -0.1) is 13.2 Å². The fraction of sp³-hybridized carbons (Fsp3) is 0.154. The highest BCUT2D eigenvalue weighted by Gasteiger charge is 2.32. The molecule has 0 saturated carbocycles. The first kappa shape index (κ1) is 14.1. The topological polar surface area (TPSA) is 31.4 Å². The Morgan fingerprint density at radius 1 is 1.10 bits per heavy atom. The summed E-state index contributed by atoms with van der Waals surface area (Å²) in [6, 6.07) is 7.76. The summed E-state index contributed by atoms with van der Waals surface area (Å²) in [6.07, 6.45) is -4.83. The Morgan fingerprint density at radius 2 is 1.80 bits per heavy atom. The second-order valence-corrected chi connectivity index (χ2v) is 3.76. The molecule has 2 aromatic rings. The van der Waals surface area contributed by atoms with Crippen LogP contribution in [0.2, 0.25) is 0 Å². The molecule has 0 aliphatic rings. The van der Waals surface area contributed by atoms with Crippen LogP contribution in [0.15, 0.2) is 36.4 Å². The average Bonchev–Trinajstić information content (AvgIpc) is 2.36. The van der Waals surface area contributed by atoms with Crippen molar-refractivity contribution >= 4 is 0 Å². The van der Waals surface area contributed by atoms with Crippen molar-refractivity contribution in [1.82, 2.24) is 4.98 Å². The van der Waals surface area contributed by atoms with Crippen LogP contribution in [0.25, 0.3) is 11.1 Å². The van der Waals surface area contributed by atoms with Crippen LogP contribution >= 0.6 is 0 Å². The van der Waals surface area contributed by atoms with Gasteiger partial charge in [0.15, 0.2) is 0 Å². The van der Waals surface area contributed by atoms with E-state index in [0.29, 0.717) is 0 Å². The zero-order valence-corrected chi connectivity index (χ0v) is 10.2. The van der Waals surface area contributed by atoms with E-state index in [-0.39, 0.29) is 17.0 Å². The van der Waals surface area contributed by atoms with Crippen molar-refractivity contribution in [3.8, 4) is 22.8 Å². The quantitative estimate of drug-likeness (QED) is 0.635. The minimum absolute atomic E-state index is 0.0400. The number of rotatable bonds is 3. The Hall–Kier alpha value is -2.31. The maximum absolute atomic E-state index is 13.3. The molecule has 20 heavy (non-hydrogen) atoms. The molecule has 0 N–H and O–H groups in total. The van der Waals surface area contributed by atoms with Crippen LogP contribution in [0.5, 0.6) is 11.6 Å². The molecule has 0 fully saturated rings. The summed E-state index contributed by atoms with van der Waals surface area (Å²) in [5.74, 6) is -1.32. The van der Waals surface area contributed by atoms with E-state index in [4.69, 9.17) is 4.74 Å². The van der Waals surface area contributed by atoms with Crippen molar-refractivity contribution in [2.45, 2.75) is 6.36 Å². The highest BCUT2D eigenvalue weighted by molar-refractivity contribution is 5.70. The smallest absolute Gasteiger partial charge is 0.481 e. The van der Waals surface area contributed by atoms with E-state index in [1.54, 1.807) is 0 Å². The molecule has 0 bridgehead atoms. The molecule has 2 rings (SSSR count). The zero-order chi connectivity index (χ0) is 14.8. The van der Waals surface area contributed by atoms with Gasteiger partial charge in [0, 0.05) is 17.7 Å². The molecular weight excluding hydrogens is 278 g/mol. The minimum atomic E-state index is -4.83. The van der Waals surface area contributed by atoms with Crippen LogP contribution in [-0.4, -0.2) is 18.5 Å². The van der Waals surface area contributed by atoms with Gasteiger partial charge in [-0.2, -0.15) is 9.37 Å². The van der Waals surface area contributed by atoms with E-state index >= 15 is 0 Å². The van der Waals surface area contributed by atoms with Crippen LogP contribution in [0.1, 0.15) is 0 Å². The summed E-state index contributed by atoms with van der Waals surface area (Å²) < 4.78 is 59.0. The highest BCUT2D eigenvalue weighted by Crippen LogP contribution is 2.34. The van der Waals surface area contributed by atoms with Crippen LogP contribution < -0.4 is 9.47 Å². The number of hydrogen-bond acceptors (Lipinski definition) is 3. The molecule has 0 aliphatic heterocycles. The number of aromatic nitrogens is 1. The molecule has 1 heterocycles. The second-order valence-electron chi connectivity index (χ2n) is 3.76. The molecule has 3 nitrogen and oxygen atoms in total. The Balaban J connectivity index is 2.50. The fourth-order valence-corrected chi connectivity index (χ4v) is 1.65. The maximum atomic E-state index is 13.3. The number of methoxy groups -OCH3 is 1. The molecular formula is C13H9F4NO2. The van der Waals surface area contributed by atoms with Gasteiger partial charge in [-0.25, -0.2) is 0 Å². The number of hydrogen-bond donors (Lipinski definition) is 0. The van der Waals surface area contributed by atoms with E-state index in [1.807, 2.05) is 0 Å². The summed E-state index contributed by atoms with van der Waals surface area (Å²) in [7, 11) is 1.28. The number of pyridine rings is 1. The molecule has 0 radical (unpaired) electrons. The standard InChI is InChI=1S/C13H9F4NO2/c1-19-12-7-8(6-11(14)18-12)9-4-2-3-5-10(9)20-13(15,16)17/h2-7H,1H3. The lowest BCUT2D eigenvalue weighted by molar-refractivity contribution is -0.274. The lowest BCUT2D eigenvalue weighted by Crippen LogP contribution is -2.17. The maximum Gasteiger partial charge on any atom is 0.573 e. The normalized spacial score (nSPS) is 11.2. The van der Waals surface area contributed by atoms with Crippen LogP contribution in [0, 0.1) is 5.95 Å². The number of alkyl halides is 3. The predicted molar refractivity (Wildman–Crippen MR) is 62.9 cm³/mol. The first-order valence-corrected chi connectivity index (χ1v) is 5.46. The average molecular weight is 287 g/mol. The molecule has 0 atom stereocenters. The second kappa shape index (κ2) is 5.36. The van der Waals surface area contributed by atoms with Gasteiger partial charge in [0.2, 0.25) is 11.8 Å². The Kier molecular flexibility index (Phi) is 3.78. The molecule has 0 amide bonds. The number of benzene rings is 1. The van der Waals surface area contributed by atoms with Crippen molar-refractivity contribution < 1.29 is 27.0 Å². The van der Waals surface area contributed by atoms with Crippen LogP contribution in [0.3, 0.4) is 0 Å². The van der Waals surface area contributed by atoms with Gasteiger partial charge in [0.05, 0.1) is 7.11 Å². The molecule has 0 spiro atoms. The Bertz CT molecular complexity index is 614. The van der Waals surface area contributed by atoms with E-state index in [9.17, 15) is 17.6 Å². The van der Waals surface area contributed by atoms with Gasteiger partial charge in [-0.3, -0.25) is 0 Å². The summed E-state index contributed by atoms with van der Waals surface area (Å²) >= 11 is 0. The molecule has 1 aromatic heterocycles. The molecule has 1 aromatic carbocycles. The minimum Gasteiger partial charge on any atom is -0.481 e. The summed E-state index contributed by atoms with van der Waals surface area (Å²) in [6.45, 7) is 0. The molecule has 106 valence electrons. The van der Waals surface area contributed by atoms with Crippen molar-refractivity contribution in [1.29, 1.82) is 0 Å². The predicted octanol–water partition coefficient (Wildman–Crippen LogP) is 3.79. The van der Waals surface area contributed by atoms with Gasteiger partial charge in [-0.05, 0) is 11.6 Å². The molecule has 7 heteroatoms. The fourth-order valence-electron chi connectivity index (χ4n) is 1.65. The van der Waals surface area contributed by atoms with Gasteiger partial charge in [0.1, 0.15) is 5.75 Å². The van der Waals surface area contributed by atoms with Crippen LogP contribution in [-0.2, 0) is 0 Å². The number of para-hydroxylation sites is 1. The highest BCUT2D eigenvalue weighted by atomic mass is 19.4. The number of nitrogens with zero attached hydrogens (tertiary/aromatic N) is 1. The molecule has 0 saturated heterocycles. The molecule has 0 aliphatic carbocycles. The first-order valence-electron chi connectivity index (χ1n) is 5.46. The van der Waals surface area contributed by atoms with E-state index in [1.165, 1.54) is 31.4 Å². The summed E-state index contributed by atoms with van der Waals surface area (Å²) in [4.78, 5) is 3.43. The SMILES string of the molecule is COc1cc(-c2ccccc2OC(F)(F)F)cc(F)n1. The summed E-state index contributed by atoms with van der Waals surface area (Å²) in [5, 5.41) is 0.